The second-order valence-electron chi connectivity index (χ2n) is 10.0. The summed E-state index contributed by atoms with van der Waals surface area (Å²) >= 11 is 0. The Hall–Kier alpha value is -3.81. The van der Waals surface area contributed by atoms with Crippen molar-refractivity contribution in [2.45, 2.75) is 37.9 Å². The minimum absolute atomic E-state index is 0.0409. The Morgan fingerprint density at radius 2 is 1.98 bits per heavy atom. The Morgan fingerprint density at radius 1 is 1.23 bits per heavy atom. The summed E-state index contributed by atoms with van der Waals surface area (Å²) in [6.45, 7) is 0.175. The molecule has 0 bridgehead atoms. The number of halogens is 5. The van der Waals surface area contributed by atoms with Crippen molar-refractivity contribution < 1.29 is 41.0 Å². The van der Waals surface area contributed by atoms with E-state index in [1.54, 1.807) is 0 Å². The fourth-order valence-electron chi connectivity index (χ4n) is 4.68. The number of aryl methyl sites for hydroxylation is 1. The van der Waals surface area contributed by atoms with Crippen LogP contribution in [0.2, 0.25) is 0 Å². The molecule has 3 heterocycles. The number of nitrogens with zero attached hydrogens (tertiary/aromatic N) is 3. The third-order valence-electron chi connectivity index (χ3n) is 6.97. The molecule has 2 N–H and O–H groups in total. The maximum Gasteiger partial charge on any atom is 0.416 e. The van der Waals surface area contributed by atoms with Crippen LogP contribution in [0.1, 0.15) is 34.5 Å². The zero-order valence-electron chi connectivity index (χ0n) is 21.6. The first kappa shape index (κ1) is 27.7. The number of likely N-dealkylation sites (tertiary alicyclic amines) is 1. The number of amides is 2. The Morgan fingerprint density at radius 3 is 2.65 bits per heavy atom. The van der Waals surface area contributed by atoms with E-state index in [4.69, 9.17) is 9.47 Å². The number of methoxy groups -OCH3 is 1. The average Bonchev–Trinajstić information content (AvgIpc) is 3.58. The number of aromatic nitrogens is 3. The fraction of sp³-hybridized carbons (Fsp3) is 0.462. The highest BCUT2D eigenvalue weighted by atomic mass is 19.4. The van der Waals surface area contributed by atoms with Gasteiger partial charge in [0.05, 0.1) is 29.8 Å². The van der Waals surface area contributed by atoms with E-state index in [2.05, 4.69) is 20.3 Å². The highest BCUT2D eigenvalue weighted by Crippen LogP contribution is 2.40. The third-order valence-corrected chi connectivity index (χ3v) is 6.97. The van der Waals surface area contributed by atoms with E-state index >= 15 is 0 Å². The first-order valence-corrected chi connectivity index (χ1v) is 12.5. The highest BCUT2D eigenvalue weighted by molar-refractivity contribution is 6.09. The largest absolute Gasteiger partial charge is 0.493 e. The summed E-state index contributed by atoms with van der Waals surface area (Å²) in [4.78, 5) is 37.5. The van der Waals surface area contributed by atoms with Crippen molar-refractivity contribution in [3.05, 3.63) is 41.3 Å². The van der Waals surface area contributed by atoms with Gasteiger partial charge in [0.25, 0.3) is 11.8 Å². The second-order valence-corrected chi connectivity index (χ2v) is 10.0. The maximum atomic E-state index is 14.7. The van der Waals surface area contributed by atoms with Crippen LogP contribution in [0.3, 0.4) is 0 Å². The van der Waals surface area contributed by atoms with Crippen molar-refractivity contribution >= 4 is 22.8 Å². The summed E-state index contributed by atoms with van der Waals surface area (Å²) in [5, 5.41) is 2.29. The molecule has 40 heavy (non-hydrogen) atoms. The van der Waals surface area contributed by atoms with Crippen LogP contribution in [0.5, 0.6) is 5.75 Å². The Kier molecular flexibility index (Phi) is 7.15. The van der Waals surface area contributed by atoms with Gasteiger partial charge < -0.3 is 24.7 Å². The van der Waals surface area contributed by atoms with Gasteiger partial charge in [-0.15, -0.1) is 0 Å². The molecule has 0 spiro atoms. The van der Waals surface area contributed by atoms with Crippen molar-refractivity contribution in [1.29, 1.82) is 0 Å². The van der Waals surface area contributed by atoms with E-state index in [0.717, 1.165) is 36.2 Å². The van der Waals surface area contributed by atoms with Gasteiger partial charge in [-0.1, -0.05) is 0 Å². The molecule has 2 aromatic heterocycles. The SMILES string of the molecule is COCC(=O)N1CC(NC(=O)c2c(C)[nH]c3c(-c4cc(C(F)(F)F)ccc4OCC4CC4)ncnc23)C(F)(F)C1. The van der Waals surface area contributed by atoms with Gasteiger partial charge in [0.1, 0.15) is 35.9 Å². The van der Waals surface area contributed by atoms with Gasteiger partial charge in [-0.05, 0) is 43.9 Å². The number of aromatic amines is 1. The molecular weight excluding hydrogens is 541 g/mol. The van der Waals surface area contributed by atoms with Crippen LogP contribution in [0.25, 0.3) is 22.3 Å². The average molecular weight is 568 g/mol. The van der Waals surface area contributed by atoms with Crippen molar-refractivity contribution in [2.24, 2.45) is 5.92 Å². The van der Waals surface area contributed by atoms with Gasteiger partial charge in [0, 0.05) is 24.9 Å². The van der Waals surface area contributed by atoms with E-state index in [1.807, 2.05) is 0 Å². The molecule has 1 saturated carbocycles. The van der Waals surface area contributed by atoms with Crippen LogP contribution in [0.15, 0.2) is 24.5 Å². The van der Waals surface area contributed by atoms with Crippen molar-refractivity contribution in [1.82, 2.24) is 25.2 Å². The lowest BCUT2D eigenvalue weighted by molar-refractivity contribution is -0.137. The molecule has 0 radical (unpaired) electrons. The molecule has 1 saturated heterocycles. The van der Waals surface area contributed by atoms with E-state index in [9.17, 15) is 31.5 Å². The Balaban J connectivity index is 1.49. The quantitative estimate of drug-likeness (QED) is 0.399. The standard InChI is InChI=1S/C26H26F5N5O4/c1-13-20(24(38)35-18-8-36(11-25(18,27)28)19(37)10-39-2)22-23(34-13)21(32-12-33-22)16-7-15(26(29,30)31)5-6-17(16)40-9-14-3-4-14/h5-7,12,14,18,34H,3-4,8-11H2,1-2H3,(H,35,38). The molecule has 2 amide bonds. The molecular formula is C26H26F5N5O4. The molecule has 2 fully saturated rings. The first-order chi connectivity index (χ1) is 18.9. The minimum Gasteiger partial charge on any atom is -0.493 e. The summed E-state index contributed by atoms with van der Waals surface area (Å²) in [6, 6.07) is 1.41. The van der Waals surface area contributed by atoms with E-state index in [0.29, 0.717) is 12.5 Å². The molecule has 1 atom stereocenters. The van der Waals surface area contributed by atoms with Gasteiger partial charge in [0.15, 0.2) is 0 Å². The maximum absolute atomic E-state index is 14.7. The highest BCUT2D eigenvalue weighted by Gasteiger charge is 2.50. The molecule has 1 unspecified atom stereocenters. The summed E-state index contributed by atoms with van der Waals surface area (Å²) in [6.07, 6.45) is -1.60. The summed E-state index contributed by atoms with van der Waals surface area (Å²) in [7, 11) is 1.27. The summed E-state index contributed by atoms with van der Waals surface area (Å²) < 4.78 is 80.7. The third kappa shape index (κ3) is 5.44. The summed E-state index contributed by atoms with van der Waals surface area (Å²) in [5.74, 6) is -4.40. The lowest BCUT2D eigenvalue weighted by atomic mass is 10.0. The number of rotatable bonds is 8. The molecule has 2 aliphatic rings. The number of carbonyl (C=O) groups is 2. The predicted molar refractivity (Wildman–Crippen MR) is 132 cm³/mol. The van der Waals surface area contributed by atoms with Gasteiger partial charge in [-0.2, -0.15) is 13.2 Å². The number of nitrogens with one attached hydrogen (secondary N) is 2. The van der Waals surface area contributed by atoms with Gasteiger partial charge in [0.2, 0.25) is 5.91 Å². The Bertz CT molecular complexity index is 1450. The van der Waals surface area contributed by atoms with Gasteiger partial charge in [-0.3, -0.25) is 9.59 Å². The number of ether oxygens (including phenoxy) is 2. The molecule has 1 aliphatic carbocycles. The van der Waals surface area contributed by atoms with Crippen LogP contribution in [-0.2, 0) is 15.7 Å². The van der Waals surface area contributed by atoms with Crippen LogP contribution in [-0.4, -0.2) is 77.0 Å². The van der Waals surface area contributed by atoms with E-state index in [1.165, 1.54) is 20.1 Å². The minimum atomic E-state index is -4.63. The monoisotopic (exact) mass is 567 g/mol. The van der Waals surface area contributed by atoms with Crippen molar-refractivity contribution in [2.75, 3.05) is 33.4 Å². The molecule has 3 aromatic rings. The number of hydrogen-bond donors (Lipinski definition) is 2. The van der Waals surface area contributed by atoms with E-state index < -0.39 is 48.6 Å². The molecule has 1 aliphatic heterocycles. The zero-order chi connectivity index (χ0) is 28.8. The molecule has 214 valence electrons. The van der Waals surface area contributed by atoms with Crippen LogP contribution in [0, 0.1) is 12.8 Å². The van der Waals surface area contributed by atoms with Crippen LogP contribution < -0.4 is 10.1 Å². The van der Waals surface area contributed by atoms with E-state index in [-0.39, 0.29) is 45.9 Å². The number of benzene rings is 1. The van der Waals surface area contributed by atoms with Crippen LogP contribution >= 0.6 is 0 Å². The van der Waals surface area contributed by atoms with Crippen molar-refractivity contribution in [3.63, 3.8) is 0 Å². The fourth-order valence-corrected chi connectivity index (χ4v) is 4.68. The zero-order valence-corrected chi connectivity index (χ0v) is 21.6. The Labute approximate surface area is 225 Å². The number of carbonyl (C=O) groups excluding carboxylic acids is 2. The summed E-state index contributed by atoms with van der Waals surface area (Å²) in [5.41, 5.74) is -0.434. The number of fused-ring (bicyclic) bond motifs is 1. The van der Waals surface area contributed by atoms with Crippen molar-refractivity contribution in [3.8, 4) is 17.0 Å². The lowest BCUT2D eigenvalue weighted by Gasteiger charge is -2.18. The molecule has 5 rings (SSSR count). The van der Waals surface area contributed by atoms with Gasteiger partial charge >= 0.3 is 6.18 Å². The number of H-pyrrole nitrogens is 1. The first-order valence-electron chi connectivity index (χ1n) is 12.5. The normalized spacial score (nSPS) is 18.8. The smallest absolute Gasteiger partial charge is 0.416 e. The second kappa shape index (κ2) is 10.3. The molecule has 9 nitrogen and oxygen atoms in total. The number of hydrogen-bond acceptors (Lipinski definition) is 6. The van der Waals surface area contributed by atoms with Crippen LogP contribution in [0.4, 0.5) is 22.0 Å². The topological polar surface area (TPSA) is 109 Å². The lowest BCUT2D eigenvalue weighted by Crippen LogP contribution is -2.46. The molecule has 1 aromatic carbocycles. The van der Waals surface area contributed by atoms with Gasteiger partial charge in [-0.25, -0.2) is 18.7 Å². The predicted octanol–water partition coefficient (Wildman–Crippen LogP) is 3.96. The number of alkyl halides is 5. The molecule has 14 heteroatoms.